The number of rotatable bonds is 6. The van der Waals surface area contributed by atoms with Gasteiger partial charge in [-0.3, -0.25) is 4.90 Å². The summed E-state index contributed by atoms with van der Waals surface area (Å²) in [6.45, 7) is 8.08. The van der Waals surface area contributed by atoms with Gasteiger partial charge in [0, 0.05) is 25.6 Å². The number of nitrogens with zero attached hydrogens (tertiary/aromatic N) is 5. The maximum Gasteiger partial charge on any atom is 0.389 e. The molecule has 2 amide bonds. The number of para-hydroxylation sites is 1. The number of carbonyl (C=O) groups is 1. The zero-order valence-electron chi connectivity index (χ0n) is 17.8. The molecular formula is C24H22F3N5O. The fourth-order valence-corrected chi connectivity index (χ4v) is 4.43. The number of anilines is 1. The number of halogens is 3. The summed E-state index contributed by atoms with van der Waals surface area (Å²) < 4.78 is 40.1. The lowest BCUT2D eigenvalue weighted by atomic mass is 10.1. The van der Waals surface area contributed by atoms with E-state index in [1.807, 2.05) is 29.2 Å². The molecule has 0 spiro atoms. The largest absolute Gasteiger partial charge is 0.389 e. The lowest BCUT2D eigenvalue weighted by Crippen LogP contribution is -2.48. The van der Waals surface area contributed by atoms with Gasteiger partial charge in [-0.2, -0.15) is 13.2 Å². The van der Waals surface area contributed by atoms with Crippen molar-refractivity contribution in [3.8, 4) is 0 Å². The van der Waals surface area contributed by atoms with E-state index >= 15 is 0 Å². The number of hydrogen-bond acceptors (Lipinski definition) is 2. The van der Waals surface area contributed by atoms with E-state index in [0.29, 0.717) is 29.1 Å². The summed E-state index contributed by atoms with van der Waals surface area (Å²) in [5, 5.41) is 0. The third kappa shape index (κ3) is 4.25. The van der Waals surface area contributed by atoms with Crippen molar-refractivity contribution >= 4 is 28.4 Å². The summed E-state index contributed by atoms with van der Waals surface area (Å²) in [6.07, 6.45) is -3.26. The van der Waals surface area contributed by atoms with Crippen molar-refractivity contribution in [3.05, 3.63) is 65.3 Å². The highest BCUT2D eigenvalue weighted by atomic mass is 19.4. The Kier molecular flexibility index (Phi) is 5.23. The number of fused-ring (bicyclic) bond motifs is 2. The number of amides is 2. The van der Waals surface area contributed by atoms with Crippen molar-refractivity contribution in [1.82, 2.24) is 14.5 Å². The van der Waals surface area contributed by atoms with Crippen LogP contribution in [-0.4, -0.2) is 32.7 Å². The van der Waals surface area contributed by atoms with E-state index in [9.17, 15) is 18.0 Å². The number of aryl methyl sites for hydroxylation is 1. The lowest BCUT2D eigenvalue weighted by Gasteiger charge is -2.37. The second-order valence-corrected chi connectivity index (χ2v) is 8.54. The first-order chi connectivity index (χ1) is 15.8. The van der Waals surface area contributed by atoms with Crippen molar-refractivity contribution in [2.45, 2.75) is 57.5 Å². The smallest absolute Gasteiger partial charge is 0.327 e. The molecule has 1 saturated carbocycles. The van der Waals surface area contributed by atoms with Crippen molar-refractivity contribution in [2.75, 3.05) is 4.90 Å². The lowest BCUT2D eigenvalue weighted by molar-refractivity contribution is -0.135. The molecule has 1 aliphatic heterocycles. The predicted molar refractivity (Wildman–Crippen MR) is 118 cm³/mol. The topological polar surface area (TPSA) is 45.7 Å². The van der Waals surface area contributed by atoms with Crippen molar-refractivity contribution in [2.24, 2.45) is 0 Å². The fraction of sp³-hybridized carbons (Fsp3) is 0.375. The minimum Gasteiger partial charge on any atom is -0.327 e. The fourth-order valence-electron chi connectivity index (χ4n) is 4.43. The second kappa shape index (κ2) is 8.10. The van der Waals surface area contributed by atoms with E-state index in [4.69, 9.17) is 6.57 Å². The van der Waals surface area contributed by atoms with Crippen LogP contribution in [0.1, 0.15) is 37.1 Å². The normalized spacial score (nSPS) is 16.2. The highest BCUT2D eigenvalue weighted by molar-refractivity contribution is 5.95. The van der Waals surface area contributed by atoms with Gasteiger partial charge >= 0.3 is 12.2 Å². The molecule has 5 rings (SSSR count). The van der Waals surface area contributed by atoms with Gasteiger partial charge in [0.15, 0.2) is 5.69 Å². The first kappa shape index (κ1) is 21.3. The van der Waals surface area contributed by atoms with Crippen LogP contribution in [-0.2, 0) is 19.6 Å². The molecule has 2 aromatic carbocycles. The van der Waals surface area contributed by atoms with E-state index in [1.165, 1.54) is 0 Å². The van der Waals surface area contributed by atoms with E-state index in [1.54, 1.807) is 27.7 Å². The van der Waals surface area contributed by atoms with Crippen LogP contribution in [0.2, 0.25) is 0 Å². The average Bonchev–Trinajstić information content (AvgIpc) is 3.57. The molecule has 1 aliphatic carbocycles. The Hall–Kier alpha value is -3.54. The zero-order valence-corrected chi connectivity index (χ0v) is 17.8. The third-order valence-electron chi connectivity index (χ3n) is 6.17. The number of alkyl halides is 3. The summed E-state index contributed by atoms with van der Waals surface area (Å²) in [6, 6.07) is 12.8. The SMILES string of the molecule is [C-]#[N+]c1ccc2c(c1)nc(CN1C(=O)N(C3CC3)Cc3ccccc31)n2CCCC(F)(F)F. The van der Waals surface area contributed by atoms with Crippen LogP contribution >= 0.6 is 0 Å². The van der Waals surface area contributed by atoms with E-state index in [-0.39, 0.29) is 31.6 Å². The van der Waals surface area contributed by atoms with Crippen molar-refractivity contribution in [1.29, 1.82) is 0 Å². The third-order valence-corrected chi connectivity index (χ3v) is 6.17. The highest BCUT2D eigenvalue weighted by Crippen LogP contribution is 2.37. The molecule has 1 fully saturated rings. The Bertz CT molecular complexity index is 1260. The molecule has 1 aromatic heterocycles. The zero-order chi connectivity index (χ0) is 23.2. The molecule has 9 heteroatoms. The molecule has 3 aromatic rings. The van der Waals surface area contributed by atoms with Gasteiger partial charge < -0.3 is 9.47 Å². The number of urea groups is 1. The Morgan fingerprint density at radius 3 is 2.67 bits per heavy atom. The Labute approximate surface area is 189 Å². The molecular weight excluding hydrogens is 431 g/mol. The van der Waals surface area contributed by atoms with Crippen LogP contribution in [0.3, 0.4) is 0 Å². The molecule has 170 valence electrons. The van der Waals surface area contributed by atoms with Gasteiger partial charge in [-0.1, -0.05) is 24.3 Å². The Morgan fingerprint density at radius 2 is 1.94 bits per heavy atom. The average molecular weight is 453 g/mol. The molecule has 2 heterocycles. The van der Waals surface area contributed by atoms with Crippen LogP contribution in [0, 0.1) is 6.57 Å². The maximum atomic E-state index is 13.4. The van der Waals surface area contributed by atoms with Crippen LogP contribution < -0.4 is 4.90 Å². The molecule has 0 N–H and O–H groups in total. The van der Waals surface area contributed by atoms with Gasteiger partial charge in [-0.15, -0.1) is 0 Å². The first-order valence-electron chi connectivity index (χ1n) is 10.9. The standard InChI is InChI=1S/C24H22F3N5O/c1-28-17-7-10-21-19(13-17)29-22(30(21)12-4-11-24(25,26)27)15-32-20-6-3-2-5-16(20)14-31(23(32)33)18-8-9-18/h2-3,5-7,10,13,18H,4,8-9,11-12,14-15H2. The van der Waals surface area contributed by atoms with Gasteiger partial charge in [0.25, 0.3) is 0 Å². The van der Waals surface area contributed by atoms with E-state index in [0.717, 1.165) is 24.1 Å². The minimum atomic E-state index is -4.24. The summed E-state index contributed by atoms with van der Waals surface area (Å²) >= 11 is 0. The van der Waals surface area contributed by atoms with Gasteiger partial charge in [0.1, 0.15) is 5.82 Å². The summed E-state index contributed by atoms with van der Waals surface area (Å²) in [4.78, 5) is 25.0. The van der Waals surface area contributed by atoms with Crippen LogP contribution in [0.25, 0.3) is 15.9 Å². The first-order valence-corrected chi connectivity index (χ1v) is 10.9. The van der Waals surface area contributed by atoms with Gasteiger partial charge in [-0.05, 0) is 43.0 Å². The minimum absolute atomic E-state index is 0.0920. The molecule has 0 unspecified atom stereocenters. The molecule has 2 aliphatic rings. The number of benzene rings is 2. The van der Waals surface area contributed by atoms with Gasteiger partial charge in [-0.25, -0.2) is 14.6 Å². The maximum absolute atomic E-state index is 13.4. The molecule has 0 radical (unpaired) electrons. The number of carbonyl (C=O) groups excluding carboxylic acids is 1. The summed E-state index contributed by atoms with van der Waals surface area (Å²) in [5.41, 5.74) is 3.46. The molecule has 0 bridgehead atoms. The van der Waals surface area contributed by atoms with Crippen molar-refractivity contribution in [3.63, 3.8) is 0 Å². The summed E-state index contributed by atoms with van der Waals surface area (Å²) in [5.74, 6) is 0.509. The van der Waals surface area contributed by atoms with Gasteiger partial charge in [0.05, 0.1) is 29.8 Å². The monoisotopic (exact) mass is 453 g/mol. The number of aromatic nitrogens is 2. The van der Waals surface area contributed by atoms with Crippen LogP contribution in [0.4, 0.5) is 29.3 Å². The predicted octanol–water partition coefficient (Wildman–Crippen LogP) is 6.03. The van der Waals surface area contributed by atoms with Crippen molar-refractivity contribution < 1.29 is 18.0 Å². The van der Waals surface area contributed by atoms with Gasteiger partial charge in [0.2, 0.25) is 0 Å². The van der Waals surface area contributed by atoms with E-state index in [2.05, 4.69) is 9.83 Å². The molecule has 6 nitrogen and oxygen atoms in total. The second-order valence-electron chi connectivity index (χ2n) is 8.54. The molecule has 33 heavy (non-hydrogen) atoms. The molecule has 0 atom stereocenters. The van der Waals surface area contributed by atoms with Crippen LogP contribution in [0.5, 0.6) is 0 Å². The van der Waals surface area contributed by atoms with E-state index < -0.39 is 12.6 Å². The summed E-state index contributed by atoms with van der Waals surface area (Å²) in [7, 11) is 0. The number of imidazole rings is 1. The Balaban J connectivity index is 1.52. The van der Waals surface area contributed by atoms with Crippen LogP contribution in [0.15, 0.2) is 42.5 Å². The number of hydrogen-bond donors (Lipinski definition) is 0. The highest BCUT2D eigenvalue weighted by Gasteiger charge is 2.39. The Morgan fingerprint density at radius 1 is 1.15 bits per heavy atom. The quantitative estimate of drug-likeness (QED) is 0.428. The molecule has 0 saturated heterocycles.